The number of amides is 1. The van der Waals surface area contributed by atoms with Gasteiger partial charge in [0.2, 0.25) is 0 Å². The zero-order valence-electron chi connectivity index (χ0n) is 9.75. The van der Waals surface area contributed by atoms with E-state index in [-0.39, 0.29) is 11.6 Å². The first kappa shape index (κ1) is 11.9. The Hall–Kier alpha value is -2.56. The van der Waals surface area contributed by atoms with Crippen molar-refractivity contribution in [2.45, 2.75) is 6.92 Å². The minimum absolute atomic E-state index is 0.250. The number of hydrogen-bond acceptors (Lipinski definition) is 4. The maximum Gasteiger partial charge on any atom is 0.275 e. The molecule has 0 atom stereocenters. The van der Waals surface area contributed by atoms with E-state index in [1.165, 1.54) is 12.4 Å². The molecular weight excluding hydrogens is 230 g/mol. The number of aromatic nitrogens is 2. The molecule has 2 rings (SSSR count). The van der Waals surface area contributed by atoms with Gasteiger partial charge in [0.05, 0.1) is 11.9 Å². The van der Waals surface area contributed by atoms with Gasteiger partial charge in [-0.25, -0.2) is 4.98 Å². The van der Waals surface area contributed by atoms with Crippen LogP contribution in [0.1, 0.15) is 26.5 Å². The number of aryl methyl sites for hydroxylation is 1. The van der Waals surface area contributed by atoms with E-state index >= 15 is 0 Å². The van der Waals surface area contributed by atoms with Gasteiger partial charge in [-0.15, -0.1) is 0 Å². The molecule has 0 unspecified atom stereocenters. The van der Waals surface area contributed by atoms with Crippen molar-refractivity contribution >= 4 is 17.9 Å². The van der Waals surface area contributed by atoms with Crippen LogP contribution in [0.5, 0.6) is 0 Å². The quantitative estimate of drug-likeness (QED) is 0.832. The largest absolute Gasteiger partial charge is 0.321 e. The molecule has 0 aliphatic rings. The maximum atomic E-state index is 11.8. The fraction of sp³-hybridized carbons (Fsp3) is 0.0769. The zero-order chi connectivity index (χ0) is 13.0. The van der Waals surface area contributed by atoms with E-state index in [1.807, 2.05) is 0 Å². The first-order chi connectivity index (χ1) is 8.69. The molecule has 0 spiro atoms. The van der Waals surface area contributed by atoms with Crippen molar-refractivity contribution in [3.63, 3.8) is 0 Å². The van der Waals surface area contributed by atoms with E-state index in [0.29, 0.717) is 11.3 Å². The van der Waals surface area contributed by atoms with Crippen LogP contribution in [0.15, 0.2) is 36.7 Å². The van der Waals surface area contributed by atoms with Crippen molar-refractivity contribution in [1.29, 1.82) is 0 Å². The Morgan fingerprint density at radius 1 is 1.17 bits per heavy atom. The fourth-order valence-electron chi connectivity index (χ4n) is 1.35. The van der Waals surface area contributed by atoms with Gasteiger partial charge in [0.1, 0.15) is 12.0 Å². The van der Waals surface area contributed by atoms with Crippen molar-refractivity contribution in [1.82, 2.24) is 9.97 Å². The number of hydrogen-bond donors (Lipinski definition) is 1. The molecule has 1 amide bonds. The molecular formula is C13H11N3O2. The fourth-order valence-corrected chi connectivity index (χ4v) is 1.35. The van der Waals surface area contributed by atoms with E-state index < -0.39 is 0 Å². The Labute approximate surface area is 104 Å². The second-order valence-electron chi connectivity index (χ2n) is 3.74. The van der Waals surface area contributed by atoms with E-state index in [4.69, 9.17) is 0 Å². The summed E-state index contributed by atoms with van der Waals surface area (Å²) in [5.74, 6) is -0.332. The Morgan fingerprint density at radius 2 is 1.89 bits per heavy atom. The molecule has 0 aliphatic carbocycles. The summed E-state index contributed by atoms with van der Waals surface area (Å²) in [6.45, 7) is 1.80. The lowest BCUT2D eigenvalue weighted by Crippen LogP contribution is -2.14. The maximum absolute atomic E-state index is 11.8. The topological polar surface area (TPSA) is 72.0 Å². The highest BCUT2D eigenvalue weighted by Crippen LogP contribution is 2.09. The van der Waals surface area contributed by atoms with Crippen LogP contribution < -0.4 is 5.32 Å². The number of nitrogens with zero attached hydrogens (tertiary/aromatic N) is 2. The monoisotopic (exact) mass is 241 g/mol. The Bertz CT molecular complexity index is 562. The van der Waals surface area contributed by atoms with E-state index in [9.17, 15) is 9.59 Å². The van der Waals surface area contributed by atoms with Crippen LogP contribution >= 0.6 is 0 Å². The number of benzene rings is 1. The first-order valence-electron chi connectivity index (χ1n) is 5.34. The van der Waals surface area contributed by atoms with Crippen molar-refractivity contribution in [3.8, 4) is 0 Å². The Kier molecular flexibility index (Phi) is 3.43. The van der Waals surface area contributed by atoms with Gasteiger partial charge in [-0.2, -0.15) is 0 Å². The van der Waals surface area contributed by atoms with Crippen LogP contribution in [-0.4, -0.2) is 22.2 Å². The molecule has 0 aliphatic heterocycles. The van der Waals surface area contributed by atoms with Gasteiger partial charge >= 0.3 is 0 Å². The molecule has 1 aromatic carbocycles. The summed E-state index contributed by atoms with van der Waals surface area (Å²) < 4.78 is 0. The van der Waals surface area contributed by atoms with Crippen molar-refractivity contribution in [2.75, 3.05) is 5.32 Å². The minimum Gasteiger partial charge on any atom is -0.321 e. The molecule has 5 nitrogen and oxygen atoms in total. The van der Waals surface area contributed by atoms with Gasteiger partial charge in [-0.3, -0.25) is 14.6 Å². The summed E-state index contributed by atoms with van der Waals surface area (Å²) in [5, 5.41) is 2.67. The van der Waals surface area contributed by atoms with Crippen LogP contribution in [0.4, 0.5) is 5.69 Å². The smallest absolute Gasteiger partial charge is 0.275 e. The number of carbonyl (C=O) groups is 2. The molecule has 0 saturated heterocycles. The summed E-state index contributed by atoms with van der Waals surface area (Å²) in [5.41, 5.74) is 2.16. The summed E-state index contributed by atoms with van der Waals surface area (Å²) in [6.07, 6.45) is 3.70. The number of anilines is 1. The molecule has 90 valence electrons. The minimum atomic E-state index is -0.332. The molecule has 1 heterocycles. The zero-order valence-corrected chi connectivity index (χ0v) is 9.75. The molecule has 0 bridgehead atoms. The van der Waals surface area contributed by atoms with Crippen LogP contribution in [0.25, 0.3) is 0 Å². The third kappa shape index (κ3) is 2.76. The summed E-state index contributed by atoms with van der Waals surface area (Å²) in [7, 11) is 0. The highest BCUT2D eigenvalue weighted by Gasteiger charge is 2.07. The molecule has 0 radical (unpaired) electrons. The second-order valence-corrected chi connectivity index (χ2v) is 3.74. The van der Waals surface area contributed by atoms with Crippen molar-refractivity contribution in [3.05, 3.63) is 53.6 Å². The average molecular weight is 241 g/mol. The van der Waals surface area contributed by atoms with Gasteiger partial charge in [-0.05, 0) is 31.2 Å². The van der Waals surface area contributed by atoms with Crippen LogP contribution in [0, 0.1) is 6.92 Å². The third-order valence-electron chi connectivity index (χ3n) is 2.32. The molecule has 0 saturated carbocycles. The SMILES string of the molecule is Cc1cnc(C(=O)Nc2ccc(C=O)cc2)cn1. The van der Waals surface area contributed by atoms with Crippen molar-refractivity contribution in [2.24, 2.45) is 0 Å². The number of rotatable bonds is 3. The lowest BCUT2D eigenvalue weighted by Gasteiger charge is -2.04. The number of aldehydes is 1. The normalized spacial score (nSPS) is 9.83. The van der Waals surface area contributed by atoms with Gasteiger partial charge in [0.25, 0.3) is 5.91 Å². The third-order valence-corrected chi connectivity index (χ3v) is 2.32. The molecule has 18 heavy (non-hydrogen) atoms. The van der Waals surface area contributed by atoms with Gasteiger partial charge in [-0.1, -0.05) is 0 Å². The predicted octanol–water partition coefficient (Wildman–Crippen LogP) is 1.85. The Balaban J connectivity index is 2.10. The van der Waals surface area contributed by atoms with Crippen LogP contribution in [0.2, 0.25) is 0 Å². The summed E-state index contributed by atoms with van der Waals surface area (Å²) in [4.78, 5) is 30.3. The number of nitrogens with one attached hydrogen (secondary N) is 1. The summed E-state index contributed by atoms with van der Waals surface area (Å²) in [6, 6.07) is 6.57. The highest BCUT2D eigenvalue weighted by molar-refractivity contribution is 6.02. The van der Waals surface area contributed by atoms with Crippen LogP contribution in [0.3, 0.4) is 0 Å². The average Bonchev–Trinajstić information content (AvgIpc) is 2.40. The first-order valence-corrected chi connectivity index (χ1v) is 5.34. The van der Waals surface area contributed by atoms with Crippen LogP contribution in [-0.2, 0) is 0 Å². The van der Waals surface area contributed by atoms with E-state index in [2.05, 4.69) is 15.3 Å². The highest BCUT2D eigenvalue weighted by atomic mass is 16.1. The lowest BCUT2D eigenvalue weighted by molar-refractivity contribution is 0.102. The van der Waals surface area contributed by atoms with E-state index in [0.717, 1.165) is 12.0 Å². The molecule has 1 aromatic heterocycles. The molecule has 1 N–H and O–H groups in total. The van der Waals surface area contributed by atoms with E-state index in [1.54, 1.807) is 31.2 Å². The molecule has 0 fully saturated rings. The molecule has 5 heteroatoms. The molecule has 2 aromatic rings. The lowest BCUT2D eigenvalue weighted by atomic mass is 10.2. The summed E-state index contributed by atoms with van der Waals surface area (Å²) >= 11 is 0. The standard InChI is InChI=1S/C13H11N3O2/c1-9-6-15-12(7-14-9)13(18)16-11-4-2-10(8-17)3-5-11/h2-8H,1H3,(H,16,18). The Morgan fingerprint density at radius 3 is 2.44 bits per heavy atom. The van der Waals surface area contributed by atoms with Gasteiger partial charge in [0, 0.05) is 17.4 Å². The number of carbonyl (C=O) groups excluding carboxylic acids is 2. The van der Waals surface area contributed by atoms with Gasteiger partial charge in [0.15, 0.2) is 0 Å². The van der Waals surface area contributed by atoms with Crippen molar-refractivity contribution < 1.29 is 9.59 Å². The second kappa shape index (κ2) is 5.18. The van der Waals surface area contributed by atoms with Gasteiger partial charge < -0.3 is 5.32 Å². The predicted molar refractivity (Wildman–Crippen MR) is 66.6 cm³/mol.